The molecule has 0 aromatic carbocycles. The van der Waals surface area contributed by atoms with E-state index in [9.17, 15) is 0 Å². The largest absolute Gasteiger partial charge is 0.378 e. The van der Waals surface area contributed by atoms with Crippen LogP contribution in [0.1, 0.15) is 17.7 Å². The average Bonchev–Trinajstić information content (AvgIpc) is 2.67. The van der Waals surface area contributed by atoms with Gasteiger partial charge in [-0.3, -0.25) is 10.00 Å². The van der Waals surface area contributed by atoms with E-state index in [1.807, 2.05) is 7.05 Å². The number of rotatable bonds is 2. The molecule has 0 spiro atoms. The standard InChI is InChI=1S/C8H15N5O.2ClH/c1-13-2-3-14-5-6(13)8-10-7(4-9)11-12-8;;/h6H,2-5,9H2,1H3,(H,10,11,12);2*1H. The molecule has 1 aromatic rings. The number of hydrogen-bond donors (Lipinski definition) is 2. The highest BCUT2D eigenvalue weighted by Gasteiger charge is 2.24. The number of ether oxygens (including phenoxy) is 1. The summed E-state index contributed by atoms with van der Waals surface area (Å²) in [6.45, 7) is 2.74. The molecule has 1 fully saturated rings. The zero-order valence-corrected chi connectivity index (χ0v) is 10.7. The van der Waals surface area contributed by atoms with Crippen molar-refractivity contribution in [3.63, 3.8) is 0 Å². The van der Waals surface area contributed by atoms with E-state index in [1.54, 1.807) is 0 Å². The minimum Gasteiger partial charge on any atom is -0.378 e. The summed E-state index contributed by atoms with van der Waals surface area (Å²) in [4.78, 5) is 6.48. The lowest BCUT2D eigenvalue weighted by atomic mass is 10.2. The van der Waals surface area contributed by atoms with Crippen LogP contribution in [0.15, 0.2) is 0 Å². The Balaban J connectivity index is 0.00000112. The molecular formula is C8H17Cl2N5O. The summed E-state index contributed by atoms with van der Waals surface area (Å²) >= 11 is 0. The number of H-pyrrole nitrogens is 1. The van der Waals surface area contributed by atoms with Crippen LogP contribution in [0.3, 0.4) is 0 Å². The molecule has 8 heteroatoms. The maximum Gasteiger partial charge on any atom is 0.170 e. The third-order valence-corrected chi connectivity index (χ3v) is 2.44. The summed E-state index contributed by atoms with van der Waals surface area (Å²) in [5, 5.41) is 6.93. The van der Waals surface area contributed by atoms with E-state index < -0.39 is 0 Å². The van der Waals surface area contributed by atoms with Crippen molar-refractivity contribution in [1.29, 1.82) is 0 Å². The lowest BCUT2D eigenvalue weighted by molar-refractivity contribution is 0.00194. The van der Waals surface area contributed by atoms with Crippen molar-refractivity contribution >= 4 is 24.8 Å². The summed E-state index contributed by atoms with van der Waals surface area (Å²) in [6.07, 6.45) is 0. The van der Waals surface area contributed by atoms with Gasteiger partial charge >= 0.3 is 0 Å². The number of nitrogens with one attached hydrogen (secondary N) is 1. The number of nitrogens with two attached hydrogens (primary N) is 1. The van der Waals surface area contributed by atoms with Gasteiger partial charge < -0.3 is 10.5 Å². The van der Waals surface area contributed by atoms with Crippen LogP contribution >= 0.6 is 24.8 Å². The molecule has 1 saturated heterocycles. The minimum absolute atomic E-state index is 0. The number of halogens is 2. The van der Waals surface area contributed by atoms with E-state index in [-0.39, 0.29) is 30.9 Å². The maximum atomic E-state index is 5.45. The minimum atomic E-state index is 0. The Kier molecular flexibility index (Phi) is 6.85. The molecule has 2 heterocycles. The zero-order chi connectivity index (χ0) is 9.97. The second-order valence-corrected chi connectivity index (χ2v) is 3.42. The highest BCUT2D eigenvalue weighted by atomic mass is 35.5. The predicted molar refractivity (Wildman–Crippen MR) is 65.0 cm³/mol. The zero-order valence-electron chi connectivity index (χ0n) is 9.05. The number of morpholine rings is 1. The molecule has 0 saturated carbocycles. The fourth-order valence-electron chi connectivity index (χ4n) is 1.51. The summed E-state index contributed by atoms with van der Waals surface area (Å²) < 4.78 is 5.38. The van der Waals surface area contributed by atoms with Crippen molar-refractivity contribution < 1.29 is 4.74 Å². The fourth-order valence-corrected chi connectivity index (χ4v) is 1.51. The average molecular weight is 270 g/mol. The number of likely N-dealkylation sites (N-methyl/N-ethyl adjacent to an activating group) is 1. The van der Waals surface area contributed by atoms with E-state index >= 15 is 0 Å². The Morgan fingerprint density at radius 2 is 2.31 bits per heavy atom. The molecule has 6 nitrogen and oxygen atoms in total. The van der Waals surface area contributed by atoms with Crippen LogP contribution in [0, 0.1) is 0 Å². The summed E-state index contributed by atoms with van der Waals surface area (Å²) in [5.74, 6) is 1.49. The molecule has 0 amide bonds. The molecule has 1 aliphatic rings. The molecule has 16 heavy (non-hydrogen) atoms. The first kappa shape index (κ1) is 15.6. The van der Waals surface area contributed by atoms with Crippen molar-refractivity contribution in [2.45, 2.75) is 12.6 Å². The summed E-state index contributed by atoms with van der Waals surface area (Å²) in [5.41, 5.74) is 5.45. The number of aromatic amines is 1. The van der Waals surface area contributed by atoms with Crippen molar-refractivity contribution in [3.05, 3.63) is 11.6 Å². The monoisotopic (exact) mass is 269 g/mol. The summed E-state index contributed by atoms with van der Waals surface area (Å²) in [7, 11) is 2.05. The van der Waals surface area contributed by atoms with E-state index in [0.29, 0.717) is 13.2 Å². The van der Waals surface area contributed by atoms with Crippen LogP contribution in [0.5, 0.6) is 0 Å². The fraction of sp³-hybridized carbons (Fsp3) is 0.750. The van der Waals surface area contributed by atoms with Gasteiger partial charge in [-0.25, -0.2) is 4.98 Å². The van der Waals surface area contributed by atoms with Crippen LogP contribution < -0.4 is 5.73 Å². The molecule has 94 valence electrons. The first-order valence-corrected chi connectivity index (χ1v) is 4.70. The molecule has 1 unspecified atom stereocenters. The van der Waals surface area contributed by atoms with E-state index in [4.69, 9.17) is 10.5 Å². The van der Waals surface area contributed by atoms with Gasteiger partial charge in [-0.2, -0.15) is 5.10 Å². The molecule has 0 bridgehead atoms. The van der Waals surface area contributed by atoms with Crippen molar-refractivity contribution in [2.75, 3.05) is 26.8 Å². The lowest BCUT2D eigenvalue weighted by Crippen LogP contribution is -2.37. The smallest absolute Gasteiger partial charge is 0.170 e. The highest BCUT2D eigenvalue weighted by Crippen LogP contribution is 2.18. The number of hydrogen-bond acceptors (Lipinski definition) is 5. The molecule has 1 aliphatic heterocycles. The van der Waals surface area contributed by atoms with E-state index in [1.165, 1.54) is 0 Å². The van der Waals surface area contributed by atoms with Crippen LogP contribution in [-0.4, -0.2) is 46.9 Å². The SMILES string of the molecule is CN1CCOCC1c1n[nH]c(CN)n1.Cl.Cl. The van der Waals surface area contributed by atoms with Crippen LogP contribution in [-0.2, 0) is 11.3 Å². The van der Waals surface area contributed by atoms with E-state index in [0.717, 1.165) is 24.8 Å². The Bertz CT molecular complexity index is 308. The highest BCUT2D eigenvalue weighted by molar-refractivity contribution is 5.85. The number of aromatic nitrogens is 3. The molecule has 3 N–H and O–H groups in total. The van der Waals surface area contributed by atoms with Crippen molar-refractivity contribution in [1.82, 2.24) is 20.1 Å². The van der Waals surface area contributed by atoms with Gasteiger partial charge in [0.1, 0.15) is 5.82 Å². The van der Waals surface area contributed by atoms with Crippen molar-refractivity contribution in [2.24, 2.45) is 5.73 Å². The Morgan fingerprint density at radius 3 is 2.88 bits per heavy atom. The van der Waals surface area contributed by atoms with Gasteiger partial charge in [0.2, 0.25) is 0 Å². The third kappa shape index (κ3) is 3.29. The van der Waals surface area contributed by atoms with Gasteiger partial charge in [0.25, 0.3) is 0 Å². The Labute approximate surface area is 107 Å². The predicted octanol–water partition coefficient (Wildman–Crippen LogP) is 0.110. The summed E-state index contributed by atoms with van der Waals surface area (Å²) in [6, 6.07) is 0.153. The van der Waals surface area contributed by atoms with Crippen molar-refractivity contribution in [3.8, 4) is 0 Å². The molecule has 0 radical (unpaired) electrons. The third-order valence-electron chi connectivity index (χ3n) is 2.44. The molecule has 1 aromatic heterocycles. The lowest BCUT2D eigenvalue weighted by Gasteiger charge is -2.30. The normalized spacial score (nSPS) is 21.0. The van der Waals surface area contributed by atoms with Gasteiger partial charge in [0.05, 0.1) is 25.8 Å². The van der Waals surface area contributed by atoms with Gasteiger partial charge in [-0.05, 0) is 7.05 Å². The van der Waals surface area contributed by atoms with Crippen LogP contribution in [0.2, 0.25) is 0 Å². The maximum absolute atomic E-state index is 5.45. The quantitative estimate of drug-likeness (QED) is 0.797. The second kappa shape index (κ2) is 7.03. The second-order valence-electron chi connectivity index (χ2n) is 3.42. The van der Waals surface area contributed by atoms with E-state index in [2.05, 4.69) is 20.1 Å². The van der Waals surface area contributed by atoms with Gasteiger partial charge in [0, 0.05) is 6.54 Å². The number of nitrogens with zero attached hydrogens (tertiary/aromatic N) is 3. The molecule has 0 aliphatic carbocycles. The molecular weight excluding hydrogens is 253 g/mol. The topological polar surface area (TPSA) is 80.1 Å². The first-order valence-electron chi connectivity index (χ1n) is 4.70. The molecule has 2 rings (SSSR count). The molecule has 1 atom stereocenters. The Morgan fingerprint density at radius 1 is 1.56 bits per heavy atom. The van der Waals surface area contributed by atoms with Gasteiger partial charge in [0.15, 0.2) is 5.82 Å². The van der Waals surface area contributed by atoms with Crippen LogP contribution in [0.25, 0.3) is 0 Å². The van der Waals surface area contributed by atoms with Gasteiger partial charge in [-0.1, -0.05) is 0 Å². The van der Waals surface area contributed by atoms with Crippen LogP contribution in [0.4, 0.5) is 0 Å². The van der Waals surface area contributed by atoms with Gasteiger partial charge in [-0.15, -0.1) is 24.8 Å². The first-order chi connectivity index (χ1) is 6.81. The Hall–Kier alpha value is -0.400.